The first-order valence-corrected chi connectivity index (χ1v) is 7.90. The molecule has 1 amide bonds. The van der Waals surface area contributed by atoms with Gasteiger partial charge in [-0.1, -0.05) is 11.8 Å². The van der Waals surface area contributed by atoms with Crippen molar-refractivity contribution in [1.29, 1.82) is 0 Å². The normalized spacial score (nSPS) is 14.3. The summed E-state index contributed by atoms with van der Waals surface area (Å²) >= 11 is 1.36. The van der Waals surface area contributed by atoms with Gasteiger partial charge in [-0.2, -0.15) is 0 Å². The van der Waals surface area contributed by atoms with E-state index in [-0.39, 0.29) is 24.2 Å². The van der Waals surface area contributed by atoms with Gasteiger partial charge >= 0.3 is 5.97 Å². The Morgan fingerprint density at radius 1 is 1.52 bits per heavy atom. The second kappa shape index (κ2) is 6.93. The van der Waals surface area contributed by atoms with Gasteiger partial charge < -0.3 is 14.2 Å². The van der Waals surface area contributed by atoms with Gasteiger partial charge in [0.2, 0.25) is 5.91 Å². The Hall–Kier alpha value is -1.57. The van der Waals surface area contributed by atoms with Crippen LogP contribution in [0.1, 0.15) is 32.7 Å². The Morgan fingerprint density at radius 3 is 2.81 bits per heavy atom. The van der Waals surface area contributed by atoms with E-state index < -0.39 is 5.97 Å². The molecule has 116 valence electrons. The van der Waals surface area contributed by atoms with Crippen LogP contribution in [0.5, 0.6) is 0 Å². The second-order valence-corrected chi connectivity index (χ2v) is 6.17. The third-order valence-corrected chi connectivity index (χ3v) is 4.22. The number of esters is 1. The molecule has 0 bridgehead atoms. The van der Waals surface area contributed by atoms with E-state index in [0.717, 1.165) is 18.0 Å². The van der Waals surface area contributed by atoms with Gasteiger partial charge in [-0.15, -0.1) is 10.2 Å². The molecule has 0 aliphatic heterocycles. The highest BCUT2D eigenvalue weighted by molar-refractivity contribution is 7.99. The van der Waals surface area contributed by atoms with Crippen LogP contribution in [0, 0.1) is 0 Å². The first-order chi connectivity index (χ1) is 10.0. The molecule has 1 aliphatic rings. The molecule has 0 atom stereocenters. The summed E-state index contributed by atoms with van der Waals surface area (Å²) in [7, 11) is 1.32. The Bertz CT molecular complexity index is 513. The van der Waals surface area contributed by atoms with Crippen LogP contribution in [0.25, 0.3) is 0 Å². The topological polar surface area (TPSA) is 77.3 Å². The second-order valence-electron chi connectivity index (χ2n) is 5.23. The maximum atomic E-state index is 12.3. The van der Waals surface area contributed by atoms with Crippen LogP contribution < -0.4 is 0 Å². The fourth-order valence-corrected chi connectivity index (χ4v) is 2.78. The van der Waals surface area contributed by atoms with E-state index in [1.807, 2.05) is 18.4 Å². The first-order valence-electron chi connectivity index (χ1n) is 6.91. The van der Waals surface area contributed by atoms with Crippen molar-refractivity contribution >= 4 is 23.6 Å². The van der Waals surface area contributed by atoms with Crippen molar-refractivity contribution in [3.63, 3.8) is 0 Å². The largest absolute Gasteiger partial charge is 0.468 e. The lowest BCUT2D eigenvalue weighted by Crippen LogP contribution is -2.42. The van der Waals surface area contributed by atoms with Crippen LogP contribution in [-0.2, 0) is 14.3 Å². The number of carbonyl (C=O) groups excluding carboxylic acids is 2. The monoisotopic (exact) mass is 312 g/mol. The Balaban J connectivity index is 1.92. The van der Waals surface area contributed by atoms with Crippen molar-refractivity contribution in [2.75, 3.05) is 19.4 Å². The molecule has 7 nitrogen and oxygen atoms in total. The third-order valence-electron chi connectivity index (χ3n) is 3.28. The average molecular weight is 312 g/mol. The van der Waals surface area contributed by atoms with E-state index >= 15 is 0 Å². The van der Waals surface area contributed by atoms with Gasteiger partial charge in [0.1, 0.15) is 12.9 Å². The van der Waals surface area contributed by atoms with E-state index in [4.69, 9.17) is 0 Å². The van der Waals surface area contributed by atoms with Gasteiger partial charge in [0.05, 0.1) is 12.9 Å². The molecule has 1 aliphatic carbocycles. The van der Waals surface area contributed by atoms with Crippen LogP contribution in [0.3, 0.4) is 0 Å². The van der Waals surface area contributed by atoms with Crippen molar-refractivity contribution in [3.8, 4) is 0 Å². The standard InChI is InChI=1S/C13H20N4O3S/c1-9(2)16(6-12(19)20-3)11(18)7-21-13-15-14-8-17(13)10-4-5-10/h8-10H,4-7H2,1-3H3. The van der Waals surface area contributed by atoms with Gasteiger partial charge in [-0.05, 0) is 26.7 Å². The molecule has 0 aromatic carbocycles. The van der Waals surface area contributed by atoms with Gasteiger partial charge in [0, 0.05) is 12.1 Å². The van der Waals surface area contributed by atoms with Gasteiger partial charge in [-0.25, -0.2) is 0 Å². The smallest absolute Gasteiger partial charge is 0.325 e. The summed E-state index contributed by atoms with van der Waals surface area (Å²) in [5.74, 6) is -0.283. The minimum Gasteiger partial charge on any atom is -0.468 e. The summed E-state index contributed by atoms with van der Waals surface area (Å²) in [6, 6.07) is 0.423. The quantitative estimate of drug-likeness (QED) is 0.554. The number of nitrogens with zero attached hydrogens (tertiary/aromatic N) is 4. The summed E-state index contributed by atoms with van der Waals surface area (Å²) in [5, 5.41) is 8.70. The highest BCUT2D eigenvalue weighted by atomic mass is 32.2. The zero-order valence-electron chi connectivity index (χ0n) is 12.5. The van der Waals surface area contributed by atoms with Crippen LogP contribution in [0.2, 0.25) is 0 Å². The third kappa shape index (κ3) is 4.20. The summed E-state index contributed by atoms with van der Waals surface area (Å²) in [6.07, 6.45) is 3.99. The number of aromatic nitrogens is 3. The number of rotatable bonds is 7. The van der Waals surface area contributed by atoms with Crippen LogP contribution >= 0.6 is 11.8 Å². The molecular weight excluding hydrogens is 292 g/mol. The fourth-order valence-electron chi connectivity index (χ4n) is 1.91. The number of thioether (sulfide) groups is 1. The Morgan fingerprint density at radius 2 is 2.24 bits per heavy atom. The molecule has 0 radical (unpaired) electrons. The van der Waals surface area contributed by atoms with Crippen LogP contribution in [0.15, 0.2) is 11.5 Å². The van der Waals surface area contributed by atoms with Gasteiger partial charge in [-0.3, -0.25) is 9.59 Å². The molecule has 21 heavy (non-hydrogen) atoms. The molecule has 0 spiro atoms. The van der Waals surface area contributed by atoms with Gasteiger partial charge in [0.15, 0.2) is 5.16 Å². The first kappa shape index (κ1) is 15.8. The zero-order valence-corrected chi connectivity index (χ0v) is 13.3. The number of hydrogen-bond acceptors (Lipinski definition) is 6. The number of hydrogen-bond donors (Lipinski definition) is 0. The van der Waals surface area contributed by atoms with Crippen molar-refractivity contribution in [3.05, 3.63) is 6.33 Å². The maximum absolute atomic E-state index is 12.3. The number of amides is 1. The van der Waals surface area contributed by atoms with E-state index in [2.05, 4.69) is 14.9 Å². The molecule has 8 heteroatoms. The predicted octanol–water partition coefficient (Wildman–Crippen LogP) is 1.12. The fraction of sp³-hybridized carbons (Fsp3) is 0.692. The molecule has 2 rings (SSSR count). The molecule has 1 aromatic rings. The highest BCUT2D eigenvalue weighted by Gasteiger charge is 2.27. The maximum Gasteiger partial charge on any atom is 0.325 e. The Labute approximate surface area is 128 Å². The summed E-state index contributed by atoms with van der Waals surface area (Å²) < 4.78 is 6.64. The van der Waals surface area contributed by atoms with E-state index in [0.29, 0.717) is 6.04 Å². The average Bonchev–Trinajstić information content (AvgIpc) is 3.20. The highest BCUT2D eigenvalue weighted by Crippen LogP contribution is 2.37. The minimum atomic E-state index is -0.414. The lowest BCUT2D eigenvalue weighted by molar-refractivity contribution is -0.147. The van der Waals surface area contributed by atoms with Crippen molar-refractivity contribution in [2.45, 2.75) is 43.9 Å². The molecule has 1 heterocycles. The van der Waals surface area contributed by atoms with E-state index in [9.17, 15) is 9.59 Å². The minimum absolute atomic E-state index is 0.0249. The van der Waals surface area contributed by atoms with Crippen molar-refractivity contribution < 1.29 is 14.3 Å². The van der Waals surface area contributed by atoms with E-state index in [1.165, 1.54) is 23.8 Å². The lowest BCUT2D eigenvalue weighted by Gasteiger charge is -2.25. The summed E-state index contributed by atoms with van der Waals surface area (Å²) in [6.45, 7) is 3.72. The van der Waals surface area contributed by atoms with Crippen molar-refractivity contribution in [2.24, 2.45) is 0 Å². The number of carbonyl (C=O) groups is 2. The Kier molecular flexibility index (Phi) is 5.22. The van der Waals surface area contributed by atoms with Gasteiger partial charge in [0.25, 0.3) is 0 Å². The predicted molar refractivity (Wildman–Crippen MR) is 77.9 cm³/mol. The van der Waals surface area contributed by atoms with Crippen molar-refractivity contribution in [1.82, 2.24) is 19.7 Å². The molecule has 0 N–H and O–H groups in total. The van der Waals surface area contributed by atoms with Crippen LogP contribution in [-0.4, -0.2) is 57.0 Å². The van der Waals surface area contributed by atoms with E-state index in [1.54, 1.807) is 6.33 Å². The summed E-state index contributed by atoms with van der Waals surface area (Å²) in [5.41, 5.74) is 0. The molecular formula is C13H20N4O3S. The molecule has 0 saturated heterocycles. The number of ether oxygens (including phenoxy) is 1. The molecule has 1 fully saturated rings. The lowest BCUT2D eigenvalue weighted by atomic mass is 10.3. The SMILES string of the molecule is COC(=O)CN(C(=O)CSc1nncn1C1CC1)C(C)C. The number of methoxy groups -OCH3 is 1. The molecule has 1 aromatic heterocycles. The molecule has 0 unspecified atom stereocenters. The summed E-state index contributed by atoms with van der Waals surface area (Å²) in [4.78, 5) is 25.1. The zero-order chi connectivity index (χ0) is 15.4. The molecule has 1 saturated carbocycles. The van der Waals surface area contributed by atoms with Crippen LogP contribution in [0.4, 0.5) is 0 Å².